The number of primary amides is 1. The van der Waals surface area contributed by atoms with Crippen LogP contribution in [0.5, 0.6) is 0 Å². The van der Waals surface area contributed by atoms with E-state index in [1.165, 1.54) is 19.3 Å². The number of nitrogens with two attached hydrogens (primary N) is 1. The Bertz CT molecular complexity index is 274. The minimum Gasteiger partial charge on any atom is -0.350 e. The van der Waals surface area contributed by atoms with Crippen LogP contribution in [0.4, 0.5) is 4.79 Å². The van der Waals surface area contributed by atoms with E-state index in [2.05, 4.69) is 17.5 Å². The molecule has 2 saturated carbocycles. The first-order valence-corrected chi connectivity index (χ1v) is 4.71. The molecule has 0 aromatic rings. The molecule has 0 spiro atoms. The quantitative estimate of drug-likeness (QED) is 0.587. The van der Waals surface area contributed by atoms with E-state index in [-0.39, 0.29) is 0 Å². The van der Waals surface area contributed by atoms with Gasteiger partial charge in [0, 0.05) is 5.71 Å². The van der Waals surface area contributed by atoms with Crippen molar-refractivity contribution in [1.82, 2.24) is 5.43 Å². The van der Waals surface area contributed by atoms with Crippen molar-refractivity contribution in [3.63, 3.8) is 0 Å². The molecule has 0 radical (unpaired) electrons. The third-order valence-corrected chi connectivity index (χ3v) is 3.22. The predicted molar refractivity (Wildman–Crippen MR) is 50.2 cm³/mol. The molecule has 3 N–H and O–H groups in total. The molecule has 2 unspecified atom stereocenters. The van der Waals surface area contributed by atoms with Crippen molar-refractivity contribution < 1.29 is 4.79 Å². The molecule has 4 heteroatoms. The van der Waals surface area contributed by atoms with Gasteiger partial charge in [-0.1, -0.05) is 6.92 Å². The van der Waals surface area contributed by atoms with E-state index in [4.69, 9.17) is 5.73 Å². The van der Waals surface area contributed by atoms with Crippen LogP contribution in [-0.2, 0) is 0 Å². The molecule has 4 nitrogen and oxygen atoms in total. The second-order valence-electron chi connectivity index (χ2n) is 4.51. The van der Waals surface area contributed by atoms with Gasteiger partial charge in [-0.2, -0.15) is 5.10 Å². The Balaban J connectivity index is 2.04. The summed E-state index contributed by atoms with van der Waals surface area (Å²) in [5.74, 6) is 0.594. The number of amides is 2. The summed E-state index contributed by atoms with van der Waals surface area (Å²) in [4.78, 5) is 10.4. The van der Waals surface area contributed by atoms with Crippen LogP contribution in [0, 0.1) is 11.3 Å². The summed E-state index contributed by atoms with van der Waals surface area (Å²) in [7, 11) is 0. The van der Waals surface area contributed by atoms with E-state index in [9.17, 15) is 4.79 Å². The molecule has 0 aliphatic heterocycles. The standard InChI is InChI=1S/C9H15N3O/c1-9-3-2-6(4-9)7(5-9)11-12-8(10)13/h6H,2-5H2,1H3,(H3,10,12,13)/b11-7-. The monoisotopic (exact) mass is 181 g/mol. The summed E-state index contributed by atoms with van der Waals surface area (Å²) < 4.78 is 0. The highest BCUT2D eigenvalue weighted by Crippen LogP contribution is 2.51. The third kappa shape index (κ3) is 1.53. The third-order valence-electron chi connectivity index (χ3n) is 3.22. The highest BCUT2D eigenvalue weighted by atomic mass is 16.2. The maximum absolute atomic E-state index is 10.4. The molecule has 0 heterocycles. The molecule has 2 aliphatic rings. The number of fused-ring (bicyclic) bond motifs is 2. The summed E-state index contributed by atoms with van der Waals surface area (Å²) in [5.41, 5.74) is 8.84. The smallest absolute Gasteiger partial charge is 0.332 e. The van der Waals surface area contributed by atoms with E-state index in [0.29, 0.717) is 11.3 Å². The molecule has 2 rings (SSSR count). The van der Waals surface area contributed by atoms with Crippen LogP contribution in [0.2, 0.25) is 0 Å². The molecule has 72 valence electrons. The summed E-state index contributed by atoms with van der Waals surface area (Å²) >= 11 is 0. The largest absolute Gasteiger partial charge is 0.350 e. The minimum absolute atomic E-state index is 0.447. The van der Waals surface area contributed by atoms with Gasteiger partial charge in [-0.15, -0.1) is 0 Å². The number of rotatable bonds is 1. The van der Waals surface area contributed by atoms with Crippen LogP contribution in [0.1, 0.15) is 32.6 Å². The second kappa shape index (κ2) is 2.72. The Morgan fingerprint density at radius 1 is 1.77 bits per heavy atom. The van der Waals surface area contributed by atoms with Crippen molar-refractivity contribution in [2.75, 3.05) is 0 Å². The van der Waals surface area contributed by atoms with Crippen LogP contribution in [0.15, 0.2) is 5.10 Å². The average molecular weight is 181 g/mol. The summed E-state index contributed by atoms with van der Waals surface area (Å²) in [5, 5.41) is 4.04. The Kier molecular flexibility index (Phi) is 1.78. The van der Waals surface area contributed by atoms with Crippen molar-refractivity contribution in [2.24, 2.45) is 22.2 Å². The van der Waals surface area contributed by atoms with Crippen LogP contribution in [0.25, 0.3) is 0 Å². The van der Waals surface area contributed by atoms with Gasteiger partial charge in [0.2, 0.25) is 0 Å². The number of urea groups is 1. The number of nitrogens with one attached hydrogen (secondary N) is 1. The first-order valence-electron chi connectivity index (χ1n) is 4.71. The van der Waals surface area contributed by atoms with Crippen molar-refractivity contribution in [2.45, 2.75) is 32.6 Å². The topological polar surface area (TPSA) is 67.5 Å². The van der Waals surface area contributed by atoms with Gasteiger partial charge in [0.25, 0.3) is 0 Å². The number of hydrogen-bond donors (Lipinski definition) is 2. The Labute approximate surface area is 77.6 Å². The van der Waals surface area contributed by atoms with Crippen LogP contribution in [-0.4, -0.2) is 11.7 Å². The highest BCUT2D eigenvalue weighted by molar-refractivity contribution is 5.91. The minimum atomic E-state index is -0.569. The zero-order chi connectivity index (χ0) is 9.47. The number of hydrogen-bond acceptors (Lipinski definition) is 2. The Hall–Kier alpha value is -1.06. The van der Waals surface area contributed by atoms with Crippen molar-refractivity contribution in [3.8, 4) is 0 Å². The summed E-state index contributed by atoms with van der Waals surface area (Å²) in [6, 6.07) is -0.569. The molecular weight excluding hydrogens is 166 g/mol. The SMILES string of the molecule is CC12CCC(C1)/C(=N\NC(N)=O)C2. The Morgan fingerprint density at radius 2 is 2.54 bits per heavy atom. The molecular formula is C9H15N3O. The zero-order valence-electron chi connectivity index (χ0n) is 7.84. The lowest BCUT2D eigenvalue weighted by Gasteiger charge is -2.20. The molecule has 13 heavy (non-hydrogen) atoms. The van der Waals surface area contributed by atoms with Crippen LogP contribution < -0.4 is 11.2 Å². The fraction of sp³-hybridized carbons (Fsp3) is 0.778. The number of nitrogens with zero attached hydrogens (tertiary/aromatic N) is 1. The first-order chi connectivity index (χ1) is 6.09. The first kappa shape index (κ1) is 8.53. The lowest BCUT2D eigenvalue weighted by Crippen LogP contribution is -2.27. The maximum atomic E-state index is 10.4. The fourth-order valence-corrected chi connectivity index (χ4v) is 2.61. The number of carbonyl (C=O) groups is 1. The molecule has 0 aromatic heterocycles. The summed E-state index contributed by atoms with van der Waals surface area (Å²) in [6.07, 6.45) is 4.77. The average Bonchev–Trinajstić information content (AvgIpc) is 2.55. The van der Waals surface area contributed by atoms with Crippen molar-refractivity contribution in [1.29, 1.82) is 0 Å². The van der Waals surface area contributed by atoms with E-state index in [1.54, 1.807) is 0 Å². The van der Waals surface area contributed by atoms with E-state index >= 15 is 0 Å². The molecule has 2 aliphatic carbocycles. The van der Waals surface area contributed by atoms with Gasteiger partial charge in [0.05, 0.1) is 0 Å². The van der Waals surface area contributed by atoms with Gasteiger partial charge >= 0.3 is 6.03 Å². The number of hydrazone groups is 1. The lowest BCUT2D eigenvalue weighted by atomic mass is 9.86. The number of carbonyl (C=O) groups excluding carboxylic acids is 1. The van der Waals surface area contributed by atoms with Crippen molar-refractivity contribution in [3.05, 3.63) is 0 Å². The normalized spacial score (nSPS) is 39.8. The second-order valence-corrected chi connectivity index (χ2v) is 4.51. The molecule has 0 aromatic carbocycles. The molecule has 2 fully saturated rings. The van der Waals surface area contributed by atoms with E-state index in [0.717, 1.165) is 12.1 Å². The predicted octanol–water partition coefficient (Wildman–Crippen LogP) is 1.22. The maximum Gasteiger partial charge on any atom is 0.332 e. The van der Waals surface area contributed by atoms with Crippen LogP contribution in [0.3, 0.4) is 0 Å². The van der Waals surface area contributed by atoms with E-state index < -0.39 is 6.03 Å². The van der Waals surface area contributed by atoms with Gasteiger partial charge in [0.1, 0.15) is 0 Å². The molecule has 0 saturated heterocycles. The molecule has 2 amide bonds. The van der Waals surface area contributed by atoms with Gasteiger partial charge in [0.15, 0.2) is 0 Å². The Morgan fingerprint density at radius 3 is 3.00 bits per heavy atom. The van der Waals surface area contributed by atoms with E-state index in [1.807, 2.05) is 0 Å². The molecule has 2 atom stereocenters. The summed E-state index contributed by atoms with van der Waals surface area (Å²) in [6.45, 7) is 2.29. The lowest BCUT2D eigenvalue weighted by molar-refractivity contribution is 0.249. The fourth-order valence-electron chi connectivity index (χ4n) is 2.61. The van der Waals surface area contributed by atoms with Crippen LogP contribution >= 0.6 is 0 Å². The van der Waals surface area contributed by atoms with Crippen molar-refractivity contribution >= 4 is 11.7 Å². The van der Waals surface area contributed by atoms with Gasteiger partial charge < -0.3 is 5.73 Å². The zero-order valence-corrected chi connectivity index (χ0v) is 7.84. The van der Waals surface area contributed by atoms with Gasteiger partial charge in [-0.3, -0.25) is 0 Å². The van der Waals surface area contributed by atoms with Gasteiger partial charge in [-0.05, 0) is 37.0 Å². The van der Waals surface area contributed by atoms with Gasteiger partial charge in [-0.25, -0.2) is 10.2 Å². The highest BCUT2D eigenvalue weighted by Gasteiger charge is 2.45. The molecule has 2 bridgehead atoms.